The fraction of sp³-hybridized carbons (Fsp3) is 0.364. The summed E-state index contributed by atoms with van der Waals surface area (Å²) in [6.45, 7) is 5.27. The van der Waals surface area contributed by atoms with Gasteiger partial charge in [-0.3, -0.25) is 14.6 Å². The lowest BCUT2D eigenvalue weighted by atomic mass is 10.1. The van der Waals surface area contributed by atoms with Crippen molar-refractivity contribution in [3.63, 3.8) is 0 Å². The molecule has 1 saturated heterocycles. The molecule has 1 aliphatic rings. The highest BCUT2D eigenvalue weighted by Crippen LogP contribution is 2.27. The van der Waals surface area contributed by atoms with Crippen molar-refractivity contribution in [2.45, 2.75) is 19.6 Å². The second-order valence-corrected chi connectivity index (χ2v) is 7.32. The minimum atomic E-state index is -0.0530. The normalized spacial score (nSPS) is 17.3. The molecule has 2 aromatic heterocycles. The van der Waals surface area contributed by atoms with Crippen LogP contribution in [0.5, 0.6) is 5.75 Å². The molecular weight excluding hydrogens is 366 g/mol. The van der Waals surface area contributed by atoms with E-state index < -0.39 is 0 Å². The van der Waals surface area contributed by atoms with Crippen molar-refractivity contribution in [1.82, 2.24) is 19.7 Å². The second kappa shape index (κ2) is 8.63. The van der Waals surface area contributed by atoms with E-state index in [0.717, 1.165) is 48.1 Å². The van der Waals surface area contributed by atoms with Crippen molar-refractivity contribution in [3.8, 4) is 5.75 Å². The number of benzene rings is 1. The number of hydrogen-bond donors (Lipinski definition) is 1. The number of pyridine rings is 1. The number of aromatic nitrogens is 3. The van der Waals surface area contributed by atoms with Gasteiger partial charge in [0.05, 0.1) is 25.1 Å². The van der Waals surface area contributed by atoms with Crippen molar-refractivity contribution in [3.05, 3.63) is 65.7 Å². The molecule has 0 radical (unpaired) electrons. The molecule has 1 N–H and O–H groups in total. The number of methoxy groups -OCH3 is 1. The maximum absolute atomic E-state index is 6.07. The number of hydrogen-bond acceptors (Lipinski definition) is 6. The molecule has 7 nitrogen and oxygen atoms in total. The van der Waals surface area contributed by atoms with Crippen LogP contribution < -0.4 is 10.1 Å². The number of ether oxygens (including phenoxy) is 2. The van der Waals surface area contributed by atoms with E-state index in [2.05, 4.69) is 27.4 Å². The first kappa shape index (κ1) is 19.4. The Labute approximate surface area is 171 Å². The summed E-state index contributed by atoms with van der Waals surface area (Å²) in [6.07, 6.45) is 1.79. The van der Waals surface area contributed by atoms with Crippen LogP contribution in [-0.2, 0) is 18.3 Å². The van der Waals surface area contributed by atoms with Crippen LogP contribution in [0.1, 0.15) is 23.2 Å². The summed E-state index contributed by atoms with van der Waals surface area (Å²) in [5.41, 5.74) is 5.07. The van der Waals surface area contributed by atoms with Crippen molar-refractivity contribution < 1.29 is 9.47 Å². The van der Waals surface area contributed by atoms with Crippen LogP contribution in [0, 0.1) is 6.92 Å². The average Bonchev–Trinajstić information content (AvgIpc) is 3.12. The molecule has 4 rings (SSSR count). The van der Waals surface area contributed by atoms with Crippen LogP contribution in [0.15, 0.2) is 48.7 Å². The number of morpholine rings is 1. The topological polar surface area (TPSA) is 64.4 Å². The van der Waals surface area contributed by atoms with Crippen molar-refractivity contribution in [2.75, 3.05) is 32.1 Å². The predicted octanol–water partition coefficient (Wildman–Crippen LogP) is 3.45. The van der Waals surface area contributed by atoms with Crippen LogP contribution in [-0.4, -0.2) is 46.5 Å². The quantitative estimate of drug-likeness (QED) is 0.692. The Bertz CT molecular complexity index is 971. The van der Waals surface area contributed by atoms with Gasteiger partial charge in [0.1, 0.15) is 11.9 Å². The second-order valence-electron chi connectivity index (χ2n) is 7.32. The maximum Gasteiger partial charge on any atom is 0.120 e. The fourth-order valence-corrected chi connectivity index (χ4v) is 3.61. The van der Waals surface area contributed by atoms with Gasteiger partial charge in [-0.2, -0.15) is 5.10 Å². The predicted molar refractivity (Wildman–Crippen MR) is 112 cm³/mol. The zero-order chi connectivity index (χ0) is 20.2. The molecule has 3 aromatic rings. The third-order valence-corrected chi connectivity index (χ3v) is 5.12. The summed E-state index contributed by atoms with van der Waals surface area (Å²) in [5, 5.41) is 7.72. The summed E-state index contributed by atoms with van der Waals surface area (Å²) in [4.78, 5) is 7.14. The van der Waals surface area contributed by atoms with Gasteiger partial charge in [0.15, 0.2) is 0 Å². The molecule has 3 heterocycles. The number of anilines is 2. The lowest BCUT2D eigenvalue weighted by Crippen LogP contribution is -2.38. The third kappa shape index (κ3) is 4.75. The van der Waals surface area contributed by atoms with Gasteiger partial charge >= 0.3 is 0 Å². The first-order valence-electron chi connectivity index (χ1n) is 9.81. The summed E-state index contributed by atoms with van der Waals surface area (Å²) >= 11 is 0. The molecule has 0 amide bonds. The summed E-state index contributed by atoms with van der Waals surface area (Å²) in [7, 11) is 3.65. The van der Waals surface area contributed by atoms with Gasteiger partial charge < -0.3 is 14.8 Å². The molecule has 1 aromatic carbocycles. The van der Waals surface area contributed by atoms with E-state index in [1.54, 1.807) is 7.11 Å². The summed E-state index contributed by atoms with van der Waals surface area (Å²) < 4.78 is 13.3. The number of rotatable bonds is 6. The minimum absolute atomic E-state index is 0.0530. The van der Waals surface area contributed by atoms with Crippen LogP contribution in [0.2, 0.25) is 0 Å². The summed E-state index contributed by atoms with van der Waals surface area (Å²) in [6, 6.07) is 14.1. The Hall–Kier alpha value is -2.90. The molecule has 1 unspecified atom stereocenters. The van der Waals surface area contributed by atoms with E-state index in [1.807, 2.05) is 55.2 Å². The van der Waals surface area contributed by atoms with Gasteiger partial charge in [0.2, 0.25) is 0 Å². The average molecular weight is 393 g/mol. The highest BCUT2D eigenvalue weighted by Gasteiger charge is 2.24. The van der Waals surface area contributed by atoms with Crippen LogP contribution in [0.3, 0.4) is 0 Å². The molecular formula is C22H27N5O2. The third-order valence-electron chi connectivity index (χ3n) is 5.12. The van der Waals surface area contributed by atoms with Gasteiger partial charge in [-0.1, -0.05) is 6.07 Å². The molecule has 1 aliphatic heterocycles. The van der Waals surface area contributed by atoms with Gasteiger partial charge in [-0.25, -0.2) is 0 Å². The maximum atomic E-state index is 6.07. The SMILES string of the molecule is COc1cccc(Nc2cc(C)nc(C3CN(Cc4ccnn4C)CCO3)c2)c1. The standard InChI is InChI=1S/C22H27N5O2/c1-16-11-18(25-17-5-4-6-20(12-17)28-3)13-21(24-16)22-15-27(9-10-29-22)14-19-7-8-23-26(19)2/h4-8,11-13,22H,9-10,14-15H2,1-3H3,(H,24,25). The van der Waals surface area contributed by atoms with Gasteiger partial charge in [0, 0.05) is 56.0 Å². The van der Waals surface area contributed by atoms with Crippen LogP contribution in [0.25, 0.3) is 0 Å². The molecule has 7 heteroatoms. The minimum Gasteiger partial charge on any atom is -0.497 e. The molecule has 1 atom stereocenters. The Kier molecular flexibility index (Phi) is 5.78. The smallest absolute Gasteiger partial charge is 0.120 e. The molecule has 152 valence electrons. The van der Waals surface area contributed by atoms with E-state index in [9.17, 15) is 0 Å². The highest BCUT2D eigenvalue weighted by atomic mass is 16.5. The summed E-state index contributed by atoms with van der Waals surface area (Å²) in [5.74, 6) is 0.822. The molecule has 0 saturated carbocycles. The Morgan fingerprint density at radius 3 is 2.90 bits per heavy atom. The zero-order valence-electron chi connectivity index (χ0n) is 17.1. The lowest BCUT2D eigenvalue weighted by molar-refractivity contribution is -0.0356. The van der Waals surface area contributed by atoms with Crippen molar-refractivity contribution in [2.24, 2.45) is 7.05 Å². The van der Waals surface area contributed by atoms with Crippen molar-refractivity contribution >= 4 is 11.4 Å². The van der Waals surface area contributed by atoms with Crippen LogP contribution >= 0.6 is 0 Å². The lowest BCUT2D eigenvalue weighted by Gasteiger charge is -2.32. The number of nitrogens with one attached hydrogen (secondary N) is 1. The van der Waals surface area contributed by atoms with Gasteiger partial charge in [-0.05, 0) is 37.3 Å². The van der Waals surface area contributed by atoms with E-state index in [1.165, 1.54) is 5.69 Å². The fourth-order valence-electron chi connectivity index (χ4n) is 3.61. The number of nitrogens with zero attached hydrogens (tertiary/aromatic N) is 4. The Morgan fingerprint density at radius 2 is 2.10 bits per heavy atom. The Balaban J connectivity index is 1.49. The van der Waals surface area contributed by atoms with Crippen molar-refractivity contribution in [1.29, 1.82) is 0 Å². The largest absolute Gasteiger partial charge is 0.497 e. The molecule has 1 fully saturated rings. The number of aryl methyl sites for hydroxylation is 2. The van der Waals surface area contributed by atoms with E-state index in [-0.39, 0.29) is 6.10 Å². The zero-order valence-corrected chi connectivity index (χ0v) is 17.1. The van der Waals surface area contributed by atoms with E-state index in [0.29, 0.717) is 6.61 Å². The van der Waals surface area contributed by atoms with Crippen LogP contribution in [0.4, 0.5) is 11.4 Å². The van der Waals surface area contributed by atoms with Gasteiger partial charge in [-0.15, -0.1) is 0 Å². The van der Waals surface area contributed by atoms with E-state index in [4.69, 9.17) is 14.5 Å². The highest BCUT2D eigenvalue weighted by molar-refractivity contribution is 5.61. The first-order chi connectivity index (χ1) is 14.1. The molecule has 0 spiro atoms. The monoisotopic (exact) mass is 393 g/mol. The first-order valence-corrected chi connectivity index (χ1v) is 9.81. The van der Waals surface area contributed by atoms with E-state index >= 15 is 0 Å². The Morgan fingerprint density at radius 1 is 1.21 bits per heavy atom. The van der Waals surface area contributed by atoms with Gasteiger partial charge in [0.25, 0.3) is 0 Å². The molecule has 29 heavy (non-hydrogen) atoms. The molecule has 0 bridgehead atoms. The molecule has 0 aliphatic carbocycles.